The van der Waals surface area contributed by atoms with Crippen molar-refractivity contribution in [3.8, 4) is 0 Å². The second-order valence-corrected chi connectivity index (χ2v) is 8.94. The van der Waals surface area contributed by atoms with E-state index >= 15 is 0 Å². The number of pyridine rings is 2. The van der Waals surface area contributed by atoms with E-state index in [2.05, 4.69) is 5.32 Å². The van der Waals surface area contributed by atoms with Gasteiger partial charge in [-0.2, -0.15) is 0 Å². The van der Waals surface area contributed by atoms with Crippen LogP contribution >= 0.6 is 0 Å². The molecule has 0 spiro atoms. The summed E-state index contributed by atoms with van der Waals surface area (Å²) in [4.78, 5) is 31.7. The predicted molar refractivity (Wildman–Crippen MR) is 140 cm³/mol. The monoisotopic (exact) mass is 477 g/mol. The number of carbonyl (C=O) groups excluding carboxylic acids is 1. The third-order valence-corrected chi connectivity index (χ3v) is 6.49. The summed E-state index contributed by atoms with van der Waals surface area (Å²) in [6.45, 7) is 4.20. The van der Waals surface area contributed by atoms with Gasteiger partial charge < -0.3 is 9.88 Å². The standard InChI is InChI=1S/C29H27N5O2/c1-19-10-9-16-34-26(19)32-27-24(29(34)36)18-23(28(35)31-20(2)22-13-7-4-8-14-22)25(30)33(27)17-15-21-11-5-3-6-12-21/h3-14,16,18,20,30H,15,17H2,1-2H3,(H,31,35). The van der Waals surface area contributed by atoms with E-state index in [9.17, 15) is 9.59 Å². The van der Waals surface area contributed by atoms with Crippen molar-refractivity contribution in [1.29, 1.82) is 5.41 Å². The molecule has 2 N–H and O–H groups in total. The topological polar surface area (TPSA) is 92.3 Å². The van der Waals surface area contributed by atoms with Gasteiger partial charge in [0.1, 0.15) is 16.8 Å². The number of aromatic nitrogens is 3. The summed E-state index contributed by atoms with van der Waals surface area (Å²) < 4.78 is 3.18. The lowest BCUT2D eigenvalue weighted by Gasteiger charge is -2.17. The number of amides is 1. The van der Waals surface area contributed by atoms with Crippen LogP contribution in [0.3, 0.4) is 0 Å². The van der Waals surface area contributed by atoms with Crippen LogP contribution in [0.1, 0.15) is 40.0 Å². The molecule has 2 aromatic carbocycles. The number of aryl methyl sites for hydroxylation is 3. The van der Waals surface area contributed by atoms with Crippen LogP contribution in [0, 0.1) is 12.3 Å². The number of carbonyl (C=O) groups is 1. The summed E-state index contributed by atoms with van der Waals surface area (Å²) >= 11 is 0. The molecule has 7 heteroatoms. The molecule has 0 bridgehead atoms. The number of fused-ring (bicyclic) bond motifs is 2. The van der Waals surface area contributed by atoms with Gasteiger partial charge in [-0.1, -0.05) is 66.7 Å². The molecule has 3 aromatic heterocycles. The zero-order valence-electron chi connectivity index (χ0n) is 20.2. The highest BCUT2D eigenvalue weighted by Gasteiger charge is 2.19. The number of rotatable bonds is 6. The summed E-state index contributed by atoms with van der Waals surface area (Å²) in [6, 6.07) is 24.5. The minimum atomic E-state index is -0.402. The SMILES string of the molecule is Cc1cccn2c(=O)c3cc(C(=O)NC(C)c4ccccc4)c(=N)n(CCc4ccccc4)c3nc12. The normalized spacial score (nSPS) is 12.1. The van der Waals surface area contributed by atoms with Gasteiger partial charge in [0.05, 0.1) is 17.0 Å². The molecule has 180 valence electrons. The fourth-order valence-electron chi connectivity index (χ4n) is 4.47. The molecule has 3 heterocycles. The van der Waals surface area contributed by atoms with Gasteiger partial charge in [-0.3, -0.25) is 19.4 Å². The number of nitrogens with one attached hydrogen (secondary N) is 2. The lowest BCUT2D eigenvalue weighted by molar-refractivity contribution is 0.0937. The van der Waals surface area contributed by atoms with Gasteiger partial charge in [0.2, 0.25) is 0 Å². The zero-order valence-corrected chi connectivity index (χ0v) is 20.2. The molecular formula is C29H27N5O2. The number of hydrogen-bond acceptors (Lipinski definition) is 4. The first kappa shape index (κ1) is 23.2. The maximum Gasteiger partial charge on any atom is 0.267 e. The highest BCUT2D eigenvalue weighted by atomic mass is 16.2. The van der Waals surface area contributed by atoms with Crippen molar-refractivity contribution >= 4 is 22.6 Å². The molecule has 0 saturated carbocycles. The summed E-state index contributed by atoms with van der Waals surface area (Å²) in [5.74, 6) is -0.402. The van der Waals surface area contributed by atoms with Crippen molar-refractivity contribution in [2.24, 2.45) is 0 Å². The maximum absolute atomic E-state index is 13.5. The molecule has 36 heavy (non-hydrogen) atoms. The van der Waals surface area contributed by atoms with E-state index in [0.29, 0.717) is 29.6 Å². The van der Waals surface area contributed by atoms with E-state index in [0.717, 1.165) is 16.7 Å². The molecule has 7 nitrogen and oxygen atoms in total. The van der Waals surface area contributed by atoms with Crippen molar-refractivity contribution in [2.45, 2.75) is 32.9 Å². The van der Waals surface area contributed by atoms with Gasteiger partial charge in [-0.15, -0.1) is 0 Å². The average molecular weight is 478 g/mol. The van der Waals surface area contributed by atoms with Crippen molar-refractivity contribution < 1.29 is 4.79 Å². The number of nitrogens with zero attached hydrogens (tertiary/aromatic N) is 3. The largest absolute Gasteiger partial charge is 0.345 e. The summed E-state index contributed by atoms with van der Waals surface area (Å²) in [5, 5.41) is 12.2. The van der Waals surface area contributed by atoms with Crippen LogP contribution in [0.15, 0.2) is 89.9 Å². The zero-order chi connectivity index (χ0) is 25.2. The maximum atomic E-state index is 13.5. The highest BCUT2D eigenvalue weighted by molar-refractivity contribution is 5.97. The lowest BCUT2D eigenvalue weighted by atomic mass is 10.1. The predicted octanol–water partition coefficient (Wildman–Crippen LogP) is 4.17. The first-order valence-electron chi connectivity index (χ1n) is 11.9. The molecule has 1 unspecified atom stereocenters. The summed E-state index contributed by atoms with van der Waals surface area (Å²) in [7, 11) is 0. The second-order valence-electron chi connectivity index (χ2n) is 8.94. The molecule has 0 saturated heterocycles. The average Bonchev–Trinajstić information content (AvgIpc) is 2.90. The van der Waals surface area contributed by atoms with Gasteiger partial charge in [-0.05, 0) is 49.1 Å². The number of benzene rings is 2. The Hall–Kier alpha value is -4.52. The fourth-order valence-corrected chi connectivity index (χ4v) is 4.47. The Labute approximate surface area is 208 Å². The van der Waals surface area contributed by atoms with Crippen LogP contribution in [0.2, 0.25) is 0 Å². The molecule has 0 aliphatic rings. The Morgan fingerprint density at radius 1 is 1.00 bits per heavy atom. The highest BCUT2D eigenvalue weighted by Crippen LogP contribution is 2.16. The van der Waals surface area contributed by atoms with E-state index in [1.807, 2.05) is 80.6 Å². The van der Waals surface area contributed by atoms with Gasteiger partial charge in [0, 0.05) is 12.7 Å². The molecule has 5 aromatic rings. The summed E-state index contributed by atoms with van der Waals surface area (Å²) in [6.07, 6.45) is 2.31. The molecule has 1 amide bonds. The van der Waals surface area contributed by atoms with Gasteiger partial charge in [0.15, 0.2) is 0 Å². The van der Waals surface area contributed by atoms with Gasteiger partial charge >= 0.3 is 0 Å². The van der Waals surface area contributed by atoms with Crippen molar-refractivity contribution in [3.63, 3.8) is 0 Å². The third kappa shape index (κ3) is 4.31. The second kappa shape index (κ2) is 9.62. The molecule has 0 aliphatic carbocycles. The molecular weight excluding hydrogens is 450 g/mol. The fraction of sp³-hybridized carbons (Fsp3) is 0.172. The third-order valence-electron chi connectivity index (χ3n) is 6.49. The Balaban J connectivity index is 1.66. The first-order valence-corrected chi connectivity index (χ1v) is 11.9. The van der Waals surface area contributed by atoms with Crippen LogP contribution in [-0.4, -0.2) is 19.9 Å². The minimum Gasteiger partial charge on any atom is -0.345 e. The van der Waals surface area contributed by atoms with E-state index in [1.54, 1.807) is 16.8 Å². The van der Waals surface area contributed by atoms with E-state index in [-0.39, 0.29) is 22.7 Å². The van der Waals surface area contributed by atoms with Crippen molar-refractivity contribution in [3.05, 3.63) is 123 Å². The molecule has 0 aliphatic heterocycles. The van der Waals surface area contributed by atoms with Gasteiger partial charge in [-0.25, -0.2) is 4.98 Å². The first-order chi connectivity index (χ1) is 17.4. The van der Waals surface area contributed by atoms with Crippen LogP contribution < -0.4 is 16.4 Å². The van der Waals surface area contributed by atoms with Gasteiger partial charge in [0.25, 0.3) is 11.5 Å². The molecule has 5 rings (SSSR count). The lowest BCUT2D eigenvalue weighted by Crippen LogP contribution is -2.36. The van der Waals surface area contributed by atoms with Crippen LogP contribution in [-0.2, 0) is 13.0 Å². The van der Waals surface area contributed by atoms with E-state index in [1.165, 1.54) is 10.5 Å². The van der Waals surface area contributed by atoms with Crippen LogP contribution in [0.25, 0.3) is 16.7 Å². The Kier molecular flexibility index (Phi) is 6.21. The van der Waals surface area contributed by atoms with Crippen LogP contribution in [0.5, 0.6) is 0 Å². The Morgan fingerprint density at radius 2 is 1.69 bits per heavy atom. The smallest absolute Gasteiger partial charge is 0.267 e. The Bertz CT molecular complexity index is 1690. The van der Waals surface area contributed by atoms with Crippen molar-refractivity contribution in [2.75, 3.05) is 0 Å². The molecule has 0 radical (unpaired) electrons. The Morgan fingerprint density at radius 3 is 2.42 bits per heavy atom. The molecule has 1 atom stereocenters. The quantitative estimate of drug-likeness (QED) is 0.360. The van der Waals surface area contributed by atoms with Crippen LogP contribution in [0.4, 0.5) is 0 Å². The van der Waals surface area contributed by atoms with E-state index < -0.39 is 5.91 Å². The number of hydrogen-bond donors (Lipinski definition) is 2. The molecule has 0 fully saturated rings. The minimum absolute atomic E-state index is 0.0287. The van der Waals surface area contributed by atoms with Crippen molar-refractivity contribution in [1.82, 2.24) is 19.3 Å². The van der Waals surface area contributed by atoms with E-state index in [4.69, 9.17) is 10.4 Å². The summed E-state index contributed by atoms with van der Waals surface area (Å²) in [5.41, 5.74) is 3.76.